The number of anilines is 2. The largest absolute Gasteiger partial charge is 0.477 e. The number of nitriles is 1. The normalized spacial score (nSPS) is 11.3. The number of rotatable bonds is 6. The van der Waals surface area contributed by atoms with Crippen molar-refractivity contribution in [1.82, 2.24) is 0 Å². The van der Waals surface area contributed by atoms with Crippen LogP contribution in [0.2, 0.25) is 0 Å². The number of furan rings is 1. The van der Waals surface area contributed by atoms with E-state index in [9.17, 15) is 4.79 Å². The van der Waals surface area contributed by atoms with Gasteiger partial charge in [-0.15, -0.1) is 0 Å². The molecule has 2 aromatic carbocycles. The second kappa shape index (κ2) is 8.32. The van der Waals surface area contributed by atoms with Crippen LogP contribution in [0.25, 0.3) is 6.08 Å². The minimum Gasteiger partial charge on any atom is -0.477 e. The Morgan fingerprint density at radius 1 is 0.963 bits per heavy atom. The summed E-state index contributed by atoms with van der Waals surface area (Å²) in [6, 6.07) is 24.1. The third-order valence-corrected chi connectivity index (χ3v) is 3.59. The molecule has 0 radical (unpaired) electrons. The van der Waals surface area contributed by atoms with E-state index in [1.54, 1.807) is 23.2 Å². The van der Waals surface area contributed by atoms with Gasteiger partial charge >= 0.3 is 5.97 Å². The quantitative estimate of drug-likeness (QED) is 0.305. The first kappa shape index (κ1) is 17.7. The maximum atomic E-state index is 10.9. The summed E-state index contributed by atoms with van der Waals surface area (Å²) < 4.78 is 5.52. The Bertz CT molecular complexity index is 976. The summed E-state index contributed by atoms with van der Waals surface area (Å²) >= 11 is 0. The van der Waals surface area contributed by atoms with E-state index in [-0.39, 0.29) is 5.76 Å². The SMILES string of the molecule is N#C/C(=C\c1ccc(/C=N/N(c2ccccc2)c2ccccc2)o1)C(=O)O. The Labute approximate surface area is 155 Å². The number of hydrogen-bond donors (Lipinski definition) is 1. The van der Waals surface area contributed by atoms with E-state index in [4.69, 9.17) is 14.8 Å². The molecule has 0 aliphatic carbocycles. The zero-order valence-electron chi connectivity index (χ0n) is 14.2. The lowest BCUT2D eigenvalue weighted by Crippen LogP contribution is -2.08. The Hall–Kier alpha value is -4.11. The molecule has 6 nitrogen and oxygen atoms in total. The molecule has 132 valence electrons. The van der Waals surface area contributed by atoms with Crippen LogP contribution in [-0.2, 0) is 4.79 Å². The van der Waals surface area contributed by atoms with Gasteiger partial charge in [0.15, 0.2) is 0 Å². The molecule has 1 N–H and O–H groups in total. The molecule has 0 atom stereocenters. The van der Waals surface area contributed by atoms with Gasteiger partial charge in [-0.25, -0.2) is 9.80 Å². The fourth-order valence-corrected chi connectivity index (χ4v) is 2.33. The average molecular weight is 357 g/mol. The highest BCUT2D eigenvalue weighted by Gasteiger charge is 2.09. The number of carboxylic acids is 1. The van der Waals surface area contributed by atoms with Crippen LogP contribution in [0.3, 0.4) is 0 Å². The Morgan fingerprint density at radius 2 is 1.52 bits per heavy atom. The molecule has 0 saturated heterocycles. The van der Waals surface area contributed by atoms with Gasteiger partial charge in [0, 0.05) is 6.08 Å². The van der Waals surface area contributed by atoms with E-state index in [0.717, 1.165) is 11.4 Å². The molecule has 1 heterocycles. The molecule has 0 saturated carbocycles. The molecule has 27 heavy (non-hydrogen) atoms. The number of benzene rings is 2. The Kier molecular flexibility index (Phi) is 5.45. The maximum Gasteiger partial charge on any atom is 0.346 e. The van der Waals surface area contributed by atoms with E-state index < -0.39 is 11.5 Å². The monoisotopic (exact) mass is 357 g/mol. The summed E-state index contributed by atoms with van der Waals surface area (Å²) in [5, 5.41) is 24.0. The molecule has 1 aromatic heterocycles. The number of hydrazone groups is 1. The van der Waals surface area contributed by atoms with E-state index in [0.29, 0.717) is 5.76 Å². The van der Waals surface area contributed by atoms with Crippen LogP contribution in [0.15, 0.2) is 87.9 Å². The first-order chi connectivity index (χ1) is 13.2. The molecule has 0 bridgehead atoms. The number of carbonyl (C=O) groups is 1. The summed E-state index contributed by atoms with van der Waals surface area (Å²) in [7, 11) is 0. The summed E-state index contributed by atoms with van der Waals surface area (Å²) in [5.41, 5.74) is 1.36. The zero-order valence-corrected chi connectivity index (χ0v) is 14.2. The molecule has 3 rings (SSSR count). The van der Waals surface area contributed by atoms with Crippen molar-refractivity contribution >= 4 is 29.6 Å². The molecule has 0 aliphatic heterocycles. The number of aliphatic carboxylic acids is 1. The van der Waals surface area contributed by atoms with Crippen LogP contribution in [0.5, 0.6) is 0 Å². The van der Waals surface area contributed by atoms with Crippen molar-refractivity contribution < 1.29 is 14.3 Å². The lowest BCUT2D eigenvalue weighted by Gasteiger charge is -2.18. The second-order valence-electron chi connectivity index (χ2n) is 5.44. The molecule has 6 heteroatoms. The predicted octanol–water partition coefficient (Wildman–Crippen LogP) is 4.44. The van der Waals surface area contributed by atoms with Crippen LogP contribution in [0, 0.1) is 11.3 Å². The summed E-state index contributed by atoms with van der Waals surface area (Å²) in [5.74, 6) is -0.606. The molecule has 0 unspecified atom stereocenters. The van der Waals surface area contributed by atoms with Gasteiger partial charge in [-0.1, -0.05) is 36.4 Å². The minimum absolute atomic E-state index is 0.265. The number of nitrogens with zero attached hydrogens (tertiary/aromatic N) is 3. The molecule has 0 amide bonds. The van der Waals surface area contributed by atoms with E-state index >= 15 is 0 Å². The smallest absolute Gasteiger partial charge is 0.346 e. The standard InChI is InChI=1S/C21H15N3O3/c22-14-16(21(25)26)13-19-11-12-20(27-19)15-23-24(17-7-3-1-4-8-17)18-9-5-2-6-10-18/h1-13,15H,(H,25,26)/b16-13+,23-15+. The molecular formula is C21H15N3O3. The molecule has 0 spiro atoms. The summed E-state index contributed by atoms with van der Waals surface area (Å²) in [6.07, 6.45) is 2.70. The topological polar surface area (TPSA) is 89.8 Å². The van der Waals surface area contributed by atoms with Crippen molar-refractivity contribution in [2.75, 3.05) is 5.01 Å². The van der Waals surface area contributed by atoms with Crippen molar-refractivity contribution in [3.05, 3.63) is 89.9 Å². The first-order valence-electron chi connectivity index (χ1n) is 8.06. The molecule has 3 aromatic rings. The van der Waals surface area contributed by atoms with Crippen LogP contribution in [0.1, 0.15) is 11.5 Å². The van der Waals surface area contributed by atoms with Crippen molar-refractivity contribution in [3.63, 3.8) is 0 Å². The lowest BCUT2D eigenvalue weighted by molar-refractivity contribution is -0.132. The third-order valence-electron chi connectivity index (χ3n) is 3.59. The summed E-state index contributed by atoms with van der Waals surface area (Å²) in [6.45, 7) is 0. The van der Waals surface area contributed by atoms with Crippen molar-refractivity contribution in [1.29, 1.82) is 5.26 Å². The predicted molar refractivity (Wildman–Crippen MR) is 103 cm³/mol. The zero-order chi connectivity index (χ0) is 19.1. The van der Waals surface area contributed by atoms with Crippen LogP contribution >= 0.6 is 0 Å². The lowest BCUT2D eigenvalue weighted by atomic mass is 10.2. The van der Waals surface area contributed by atoms with Gasteiger partial charge < -0.3 is 9.52 Å². The van der Waals surface area contributed by atoms with Gasteiger partial charge in [-0.2, -0.15) is 10.4 Å². The number of para-hydroxylation sites is 2. The Morgan fingerprint density at radius 3 is 2.04 bits per heavy atom. The van der Waals surface area contributed by atoms with E-state index in [1.807, 2.05) is 60.7 Å². The molecule has 0 aliphatic rings. The highest BCUT2D eigenvalue weighted by Crippen LogP contribution is 2.25. The van der Waals surface area contributed by atoms with E-state index in [2.05, 4.69) is 5.10 Å². The number of carboxylic acid groups (broad SMARTS) is 1. The second-order valence-corrected chi connectivity index (χ2v) is 5.44. The fourth-order valence-electron chi connectivity index (χ4n) is 2.33. The van der Waals surface area contributed by atoms with Crippen molar-refractivity contribution in [2.24, 2.45) is 5.10 Å². The van der Waals surface area contributed by atoms with Gasteiger partial charge in [0.05, 0.1) is 17.6 Å². The highest BCUT2D eigenvalue weighted by atomic mass is 16.4. The first-order valence-corrected chi connectivity index (χ1v) is 8.06. The van der Waals surface area contributed by atoms with Crippen molar-refractivity contribution in [2.45, 2.75) is 0 Å². The summed E-state index contributed by atoms with van der Waals surface area (Å²) in [4.78, 5) is 10.9. The van der Waals surface area contributed by atoms with Gasteiger partial charge in [0.25, 0.3) is 0 Å². The van der Waals surface area contributed by atoms with Crippen molar-refractivity contribution in [3.8, 4) is 6.07 Å². The van der Waals surface area contributed by atoms with Gasteiger partial charge in [0.1, 0.15) is 23.2 Å². The number of hydrogen-bond acceptors (Lipinski definition) is 5. The molecule has 0 fully saturated rings. The third kappa shape index (κ3) is 4.50. The van der Waals surface area contributed by atoms with Crippen LogP contribution in [-0.4, -0.2) is 17.3 Å². The van der Waals surface area contributed by atoms with Crippen LogP contribution < -0.4 is 5.01 Å². The van der Waals surface area contributed by atoms with E-state index in [1.165, 1.54) is 12.3 Å². The molecular weight excluding hydrogens is 342 g/mol. The van der Waals surface area contributed by atoms with Gasteiger partial charge in [0.2, 0.25) is 0 Å². The highest BCUT2D eigenvalue weighted by molar-refractivity contribution is 5.96. The fraction of sp³-hybridized carbons (Fsp3) is 0. The van der Waals surface area contributed by atoms with Gasteiger partial charge in [-0.05, 0) is 36.4 Å². The Balaban J connectivity index is 1.88. The van der Waals surface area contributed by atoms with Crippen LogP contribution in [0.4, 0.5) is 11.4 Å². The average Bonchev–Trinajstić information content (AvgIpc) is 3.15. The van der Waals surface area contributed by atoms with Gasteiger partial charge in [-0.3, -0.25) is 0 Å². The minimum atomic E-state index is -1.30. The maximum absolute atomic E-state index is 10.9.